The highest BCUT2D eigenvalue weighted by Crippen LogP contribution is 2.41. The van der Waals surface area contributed by atoms with Gasteiger partial charge < -0.3 is 8.83 Å². The molecule has 0 amide bonds. The number of nitrogens with zero attached hydrogens (tertiary/aromatic N) is 3. The van der Waals surface area contributed by atoms with Crippen molar-refractivity contribution in [3.63, 3.8) is 0 Å². The van der Waals surface area contributed by atoms with Crippen LogP contribution in [-0.4, -0.2) is 15.0 Å². The van der Waals surface area contributed by atoms with Gasteiger partial charge in [-0.15, -0.1) is 0 Å². The van der Waals surface area contributed by atoms with E-state index in [1.807, 2.05) is 60.7 Å². The molecule has 7 aromatic carbocycles. The maximum absolute atomic E-state index is 6.45. The lowest BCUT2D eigenvalue weighted by Gasteiger charge is -2.10. The predicted molar refractivity (Wildman–Crippen MR) is 194 cm³/mol. The van der Waals surface area contributed by atoms with Gasteiger partial charge in [-0.25, -0.2) is 15.0 Å². The van der Waals surface area contributed by atoms with Crippen molar-refractivity contribution in [3.8, 4) is 45.3 Å². The largest absolute Gasteiger partial charge is 0.456 e. The molecule has 48 heavy (non-hydrogen) atoms. The second-order valence-corrected chi connectivity index (χ2v) is 12.0. The fourth-order valence-electron chi connectivity index (χ4n) is 6.86. The predicted octanol–water partition coefficient (Wildman–Crippen LogP) is 11.5. The van der Waals surface area contributed by atoms with Gasteiger partial charge in [-0.3, -0.25) is 0 Å². The number of aromatic nitrogens is 3. The lowest BCUT2D eigenvalue weighted by atomic mass is 9.97. The Labute approximate surface area is 274 Å². The molecule has 0 radical (unpaired) electrons. The number of para-hydroxylation sites is 1. The first-order valence-electron chi connectivity index (χ1n) is 15.9. The summed E-state index contributed by atoms with van der Waals surface area (Å²) in [6.45, 7) is 0. The second-order valence-electron chi connectivity index (χ2n) is 12.0. The van der Waals surface area contributed by atoms with Crippen LogP contribution < -0.4 is 0 Å². The third-order valence-corrected chi connectivity index (χ3v) is 9.13. The highest BCUT2D eigenvalue weighted by molar-refractivity contribution is 6.17. The van der Waals surface area contributed by atoms with Crippen molar-refractivity contribution in [2.24, 2.45) is 0 Å². The Kier molecular flexibility index (Phi) is 5.81. The normalized spacial score (nSPS) is 11.8. The lowest BCUT2D eigenvalue weighted by Crippen LogP contribution is -2.00. The van der Waals surface area contributed by atoms with Crippen LogP contribution in [0.4, 0.5) is 0 Å². The molecule has 0 spiro atoms. The van der Waals surface area contributed by atoms with Gasteiger partial charge in [0.2, 0.25) is 0 Å². The Morgan fingerprint density at radius 1 is 0.333 bits per heavy atom. The van der Waals surface area contributed by atoms with Gasteiger partial charge in [-0.05, 0) is 64.4 Å². The van der Waals surface area contributed by atoms with Gasteiger partial charge >= 0.3 is 0 Å². The van der Waals surface area contributed by atoms with Crippen LogP contribution in [0.15, 0.2) is 160 Å². The van der Waals surface area contributed by atoms with Gasteiger partial charge in [-0.1, -0.05) is 109 Å². The highest BCUT2D eigenvalue weighted by atomic mass is 16.3. The van der Waals surface area contributed by atoms with Crippen molar-refractivity contribution >= 4 is 54.6 Å². The molecule has 0 atom stereocenters. The van der Waals surface area contributed by atoms with E-state index in [0.29, 0.717) is 17.5 Å². The summed E-state index contributed by atoms with van der Waals surface area (Å²) in [5.41, 5.74) is 8.19. The van der Waals surface area contributed by atoms with E-state index in [2.05, 4.69) is 91.0 Å². The minimum Gasteiger partial charge on any atom is -0.456 e. The van der Waals surface area contributed by atoms with Gasteiger partial charge in [0.25, 0.3) is 0 Å². The van der Waals surface area contributed by atoms with Gasteiger partial charge in [0.05, 0.1) is 0 Å². The van der Waals surface area contributed by atoms with E-state index >= 15 is 0 Å². The standard InChI is InChI=1S/C43H25N3O2/c1-2-11-27(12-3-1)31-15-8-18-37-39(31)40-33(16-9-19-38(40)48-37)43-45-41(29-21-20-26-10-4-5-13-28(26)24-29)44-42(46-43)30-22-23-36-34(25-30)32-14-6-7-17-35(32)47-36/h1-25H. The molecule has 5 nitrogen and oxygen atoms in total. The summed E-state index contributed by atoms with van der Waals surface area (Å²) in [5, 5.41) is 6.38. The van der Waals surface area contributed by atoms with Crippen LogP contribution in [-0.2, 0) is 0 Å². The first-order valence-corrected chi connectivity index (χ1v) is 15.9. The van der Waals surface area contributed by atoms with E-state index in [0.717, 1.165) is 82.5 Å². The molecule has 0 unspecified atom stereocenters. The Morgan fingerprint density at radius 2 is 0.917 bits per heavy atom. The number of benzene rings is 7. The summed E-state index contributed by atoms with van der Waals surface area (Å²) in [6, 6.07) is 51.6. The molecule has 0 bridgehead atoms. The summed E-state index contributed by atoms with van der Waals surface area (Å²) in [5.74, 6) is 1.77. The molecule has 0 fully saturated rings. The van der Waals surface area contributed by atoms with Crippen LogP contribution >= 0.6 is 0 Å². The first kappa shape index (κ1) is 26.6. The molecule has 0 saturated heterocycles. The van der Waals surface area contributed by atoms with Gasteiger partial charge in [0, 0.05) is 38.2 Å². The summed E-state index contributed by atoms with van der Waals surface area (Å²) in [7, 11) is 0. The van der Waals surface area contributed by atoms with Crippen LogP contribution in [0.1, 0.15) is 0 Å². The van der Waals surface area contributed by atoms with E-state index in [1.54, 1.807) is 0 Å². The molecule has 224 valence electrons. The Hall–Kier alpha value is -6.59. The fraction of sp³-hybridized carbons (Fsp3) is 0. The number of hydrogen-bond donors (Lipinski definition) is 0. The van der Waals surface area contributed by atoms with Gasteiger partial charge in [-0.2, -0.15) is 0 Å². The number of furan rings is 2. The molecule has 0 N–H and O–H groups in total. The van der Waals surface area contributed by atoms with E-state index in [9.17, 15) is 0 Å². The van der Waals surface area contributed by atoms with E-state index < -0.39 is 0 Å². The molecular formula is C43H25N3O2. The molecular weight excluding hydrogens is 590 g/mol. The minimum absolute atomic E-state index is 0.580. The smallest absolute Gasteiger partial charge is 0.164 e. The maximum atomic E-state index is 6.45. The van der Waals surface area contributed by atoms with Crippen LogP contribution in [0, 0.1) is 0 Å². The lowest BCUT2D eigenvalue weighted by molar-refractivity contribution is 0.668. The molecule has 0 saturated carbocycles. The summed E-state index contributed by atoms with van der Waals surface area (Å²) < 4.78 is 12.6. The molecule has 0 aliphatic carbocycles. The van der Waals surface area contributed by atoms with E-state index in [4.69, 9.17) is 23.8 Å². The zero-order valence-corrected chi connectivity index (χ0v) is 25.6. The minimum atomic E-state index is 0.580. The van der Waals surface area contributed by atoms with Crippen LogP contribution in [0.2, 0.25) is 0 Å². The molecule has 10 aromatic rings. The van der Waals surface area contributed by atoms with E-state index in [-0.39, 0.29) is 0 Å². The fourth-order valence-corrected chi connectivity index (χ4v) is 6.86. The second kappa shape index (κ2) is 10.5. The molecule has 10 rings (SSSR count). The van der Waals surface area contributed by atoms with Crippen LogP contribution in [0.25, 0.3) is 99.9 Å². The molecule has 5 heteroatoms. The van der Waals surface area contributed by atoms with Crippen molar-refractivity contribution in [2.45, 2.75) is 0 Å². The summed E-state index contributed by atoms with van der Waals surface area (Å²) in [4.78, 5) is 15.4. The van der Waals surface area contributed by atoms with Crippen molar-refractivity contribution in [3.05, 3.63) is 152 Å². The van der Waals surface area contributed by atoms with E-state index in [1.165, 1.54) is 0 Å². The number of rotatable bonds is 4. The van der Waals surface area contributed by atoms with Crippen molar-refractivity contribution in [2.75, 3.05) is 0 Å². The molecule has 0 aliphatic rings. The average molecular weight is 616 g/mol. The van der Waals surface area contributed by atoms with Crippen LogP contribution in [0.3, 0.4) is 0 Å². The zero-order chi connectivity index (χ0) is 31.6. The highest BCUT2D eigenvalue weighted by Gasteiger charge is 2.20. The third-order valence-electron chi connectivity index (χ3n) is 9.13. The number of fused-ring (bicyclic) bond motifs is 7. The quantitative estimate of drug-likeness (QED) is 0.197. The van der Waals surface area contributed by atoms with Crippen molar-refractivity contribution in [1.82, 2.24) is 15.0 Å². The summed E-state index contributed by atoms with van der Waals surface area (Å²) in [6.07, 6.45) is 0. The zero-order valence-electron chi connectivity index (χ0n) is 25.6. The molecule has 3 aromatic heterocycles. The first-order chi connectivity index (χ1) is 23.8. The van der Waals surface area contributed by atoms with Crippen molar-refractivity contribution < 1.29 is 8.83 Å². The summed E-state index contributed by atoms with van der Waals surface area (Å²) >= 11 is 0. The Balaban J connectivity index is 1.25. The van der Waals surface area contributed by atoms with Crippen LogP contribution in [0.5, 0.6) is 0 Å². The average Bonchev–Trinajstić information content (AvgIpc) is 3.73. The number of hydrogen-bond acceptors (Lipinski definition) is 5. The maximum Gasteiger partial charge on any atom is 0.164 e. The topological polar surface area (TPSA) is 65.0 Å². The molecule has 0 aliphatic heterocycles. The SMILES string of the molecule is c1ccc(-c2cccc3oc4cccc(-c5nc(-c6ccc7ccccc7c6)nc(-c6ccc7oc8ccccc8c7c6)n5)c4c23)cc1. The van der Waals surface area contributed by atoms with Gasteiger partial charge in [0.15, 0.2) is 17.5 Å². The molecule has 3 heterocycles. The van der Waals surface area contributed by atoms with Crippen molar-refractivity contribution in [1.29, 1.82) is 0 Å². The Morgan fingerprint density at radius 3 is 1.75 bits per heavy atom. The Bertz CT molecular complexity index is 2850. The monoisotopic (exact) mass is 615 g/mol. The third kappa shape index (κ3) is 4.22. The van der Waals surface area contributed by atoms with Gasteiger partial charge in [0.1, 0.15) is 22.3 Å².